The minimum atomic E-state index is -0.528. The predicted molar refractivity (Wildman–Crippen MR) is 120 cm³/mol. The van der Waals surface area contributed by atoms with Crippen molar-refractivity contribution in [3.63, 3.8) is 0 Å². The normalized spacial score (nSPS) is 12.9. The Balaban J connectivity index is 1.64. The van der Waals surface area contributed by atoms with Gasteiger partial charge in [-0.2, -0.15) is 5.10 Å². The molecule has 0 saturated carbocycles. The van der Waals surface area contributed by atoms with E-state index in [1.807, 2.05) is 38.2 Å². The van der Waals surface area contributed by atoms with Gasteiger partial charge in [0.15, 0.2) is 5.82 Å². The summed E-state index contributed by atoms with van der Waals surface area (Å²) in [6.45, 7) is 3.46. The van der Waals surface area contributed by atoms with E-state index in [4.69, 9.17) is 15.7 Å². The van der Waals surface area contributed by atoms with Gasteiger partial charge in [-0.05, 0) is 31.0 Å². The number of anilines is 2. The van der Waals surface area contributed by atoms with Crippen LogP contribution in [0.5, 0.6) is 0 Å². The summed E-state index contributed by atoms with van der Waals surface area (Å²) in [5.41, 5.74) is 10.5. The molecular weight excluding hydrogens is 390 g/mol. The molecule has 0 fully saturated rings. The number of primary amides is 1. The smallest absolute Gasteiger partial charge is 0.267 e. The monoisotopic (exact) mass is 413 g/mol. The van der Waals surface area contributed by atoms with Gasteiger partial charge in [0.25, 0.3) is 5.91 Å². The van der Waals surface area contributed by atoms with Crippen LogP contribution in [0.15, 0.2) is 48.5 Å². The molecule has 3 aromatic heterocycles. The van der Waals surface area contributed by atoms with Gasteiger partial charge in [-0.3, -0.25) is 4.79 Å². The number of carbonyl (C=O) groups excluding carboxylic acids is 1. The summed E-state index contributed by atoms with van der Waals surface area (Å²) in [6, 6.07) is 15.6. The highest BCUT2D eigenvalue weighted by molar-refractivity contribution is 5.93. The zero-order chi connectivity index (χ0) is 21.5. The maximum atomic E-state index is 11.9. The topological polar surface area (TPSA) is 101 Å². The number of nitrogens with two attached hydrogens (primary N) is 1. The molecule has 156 valence electrons. The first-order chi connectivity index (χ1) is 15.0. The summed E-state index contributed by atoms with van der Waals surface area (Å²) in [7, 11) is 2.04. The van der Waals surface area contributed by atoms with Crippen LogP contribution in [0.4, 0.5) is 11.6 Å². The Morgan fingerprint density at radius 1 is 1.13 bits per heavy atom. The van der Waals surface area contributed by atoms with Gasteiger partial charge in [0.1, 0.15) is 17.3 Å². The van der Waals surface area contributed by atoms with Crippen molar-refractivity contribution in [2.75, 3.05) is 23.8 Å². The second-order valence-electron chi connectivity index (χ2n) is 7.74. The number of nitrogens with zero attached hydrogens (tertiary/aromatic N) is 5. The van der Waals surface area contributed by atoms with Crippen LogP contribution >= 0.6 is 0 Å². The van der Waals surface area contributed by atoms with Crippen LogP contribution in [-0.4, -0.2) is 39.1 Å². The second-order valence-corrected chi connectivity index (χ2v) is 7.74. The fourth-order valence-corrected chi connectivity index (χ4v) is 4.09. The van der Waals surface area contributed by atoms with Crippen LogP contribution in [0.25, 0.3) is 16.9 Å². The van der Waals surface area contributed by atoms with E-state index in [1.165, 1.54) is 5.56 Å². The van der Waals surface area contributed by atoms with E-state index in [9.17, 15) is 4.79 Å². The Morgan fingerprint density at radius 3 is 2.71 bits per heavy atom. The number of benzene rings is 1. The molecule has 4 heterocycles. The van der Waals surface area contributed by atoms with Gasteiger partial charge in [-0.15, -0.1) is 0 Å². The molecule has 0 saturated heterocycles. The summed E-state index contributed by atoms with van der Waals surface area (Å²) >= 11 is 0. The molecule has 0 atom stereocenters. The number of likely N-dealkylation sites (N-methyl/N-ethyl adjacent to an activating group) is 1. The zero-order valence-electron chi connectivity index (χ0n) is 17.5. The van der Waals surface area contributed by atoms with E-state index in [1.54, 1.807) is 16.6 Å². The van der Waals surface area contributed by atoms with Crippen LogP contribution in [0.2, 0.25) is 0 Å². The second kappa shape index (κ2) is 7.39. The van der Waals surface area contributed by atoms with E-state index in [-0.39, 0.29) is 0 Å². The van der Waals surface area contributed by atoms with E-state index in [0.717, 1.165) is 46.9 Å². The predicted octanol–water partition coefficient (Wildman–Crippen LogP) is 2.80. The summed E-state index contributed by atoms with van der Waals surface area (Å²) in [6.07, 6.45) is 0.892. The average molecular weight is 413 g/mol. The van der Waals surface area contributed by atoms with Crippen LogP contribution in [-0.2, 0) is 13.0 Å². The van der Waals surface area contributed by atoms with Crippen molar-refractivity contribution in [2.45, 2.75) is 19.9 Å². The number of amides is 1. The fourth-order valence-electron chi connectivity index (χ4n) is 4.09. The molecule has 3 N–H and O–H groups in total. The number of pyridine rings is 1. The number of hydrogen-bond donors (Lipinski definition) is 2. The highest BCUT2D eigenvalue weighted by atomic mass is 16.1. The number of fused-ring (bicyclic) bond motifs is 2. The first-order valence-electron chi connectivity index (χ1n) is 10.2. The number of hydrogen-bond acceptors (Lipinski definition) is 6. The minimum absolute atomic E-state index is 0.326. The third kappa shape index (κ3) is 3.26. The standard InChI is InChI=1S/C23H23N7O/c1-14-19(17-9-6-10-18(20(24)31)30(17)28-14)22-26-21(16-11-12-29(2)23(16)27-22)25-13-15-7-4-3-5-8-15/h3-10H,11-13H2,1-2H3,(H2,24,31)(H,25,26,27). The maximum absolute atomic E-state index is 11.9. The van der Waals surface area contributed by atoms with Crippen molar-refractivity contribution in [1.29, 1.82) is 0 Å². The van der Waals surface area contributed by atoms with Crippen molar-refractivity contribution in [1.82, 2.24) is 19.6 Å². The molecule has 31 heavy (non-hydrogen) atoms. The number of rotatable bonds is 5. The molecule has 0 radical (unpaired) electrons. The highest BCUT2D eigenvalue weighted by Gasteiger charge is 2.26. The highest BCUT2D eigenvalue weighted by Crippen LogP contribution is 2.35. The molecule has 0 spiro atoms. The lowest BCUT2D eigenvalue weighted by atomic mass is 10.1. The Morgan fingerprint density at radius 2 is 1.94 bits per heavy atom. The van der Waals surface area contributed by atoms with E-state index < -0.39 is 5.91 Å². The van der Waals surface area contributed by atoms with E-state index in [0.29, 0.717) is 18.1 Å². The minimum Gasteiger partial charge on any atom is -0.366 e. The van der Waals surface area contributed by atoms with Crippen molar-refractivity contribution < 1.29 is 4.79 Å². The molecule has 0 aliphatic carbocycles. The Bertz CT molecular complexity index is 1300. The molecule has 4 aromatic rings. The summed E-state index contributed by atoms with van der Waals surface area (Å²) in [5, 5.41) is 8.05. The fraction of sp³-hybridized carbons (Fsp3) is 0.217. The molecule has 5 rings (SSSR count). The van der Waals surface area contributed by atoms with Crippen LogP contribution < -0.4 is 16.0 Å². The molecule has 0 unspecified atom stereocenters. The molecule has 8 nitrogen and oxygen atoms in total. The molecular formula is C23H23N7O. The van der Waals surface area contributed by atoms with E-state index >= 15 is 0 Å². The lowest BCUT2D eigenvalue weighted by Gasteiger charge is -2.15. The molecule has 8 heteroatoms. The molecule has 1 aliphatic heterocycles. The van der Waals surface area contributed by atoms with Crippen molar-refractivity contribution in [3.05, 3.63) is 71.0 Å². The maximum Gasteiger partial charge on any atom is 0.267 e. The zero-order valence-corrected chi connectivity index (χ0v) is 17.5. The SMILES string of the molecule is Cc1nn2c(C(N)=O)cccc2c1-c1nc(NCc2ccccc2)c2c(n1)N(C)CC2. The summed E-state index contributed by atoms with van der Waals surface area (Å²) in [4.78, 5) is 23.8. The first-order valence-corrected chi connectivity index (χ1v) is 10.2. The van der Waals surface area contributed by atoms with Gasteiger partial charge < -0.3 is 16.0 Å². The summed E-state index contributed by atoms with van der Waals surface area (Å²) < 4.78 is 1.57. The number of aromatic nitrogens is 4. The Labute approximate surface area is 179 Å². The van der Waals surface area contributed by atoms with Crippen LogP contribution in [0, 0.1) is 6.92 Å². The Hall–Kier alpha value is -3.94. The van der Waals surface area contributed by atoms with Gasteiger partial charge in [-0.1, -0.05) is 36.4 Å². The third-order valence-corrected chi connectivity index (χ3v) is 5.66. The lowest BCUT2D eigenvalue weighted by Crippen LogP contribution is -2.16. The van der Waals surface area contributed by atoms with Crippen molar-refractivity contribution in [2.24, 2.45) is 5.73 Å². The van der Waals surface area contributed by atoms with Crippen molar-refractivity contribution >= 4 is 23.1 Å². The third-order valence-electron chi connectivity index (χ3n) is 5.66. The van der Waals surface area contributed by atoms with Gasteiger partial charge in [-0.25, -0.2) is 14.5 Å². The number of aryl methyl sites for hydroxylation is 1. The van der Waals surface area contributed by atoms with Crippen LogP contribution in [0.3, 0.4) is 0 Å². The number of carbonyl (C=O) groups is 1. The van der Waals surface area contributed by atoms with Gasteiger partial charge in [0.05, 0.1) is 16.8 Å². The Kier molecular flexibility index (Phi) is 4.54. The molecule has 0 bridgehead atoms. The average Bonchev–Trinajstić information content (AvgIpc) is 3.31. The molecule has 1 aromatic carbocycles. The van der Waals surface area contributed by atoms with Crippen LogP contribution in [0.1, 0.15) is 27.3 Å². The first kappa shape index (κ1) is 19.0. The van der Waals surface area contributed by atoms with Gasteiger partial charge in [0, 0.05) is 25.7 Å². The molecule has 1 aliphatic rings. The molecule has 1 amide bonds. The van der Waals surface area contributed by atoms with Gasteiger partial charge in [0.2, 0.25) is 0 Å². The summed E-state index contributed by atoms with van der Waals surface area (Å²) in [5.74, 6) is 1.81. The lowest BCUT2D eigenvalue weighted by molar-refractivity contribution is 0.0993. The number of nitrogens with one attached hydrogen (secondary N) is 1. The quantitative estimate of drug-likeness (QED) is 0.522. The van der Waals surface area contributed by atoms with Gasteiger partial charge >= 0.3 is 0 Å². The van der Waals surface area contributed by atoms with Crippen molar-refractivity contribution in [3.8, 4) is 11.4 Å². The largest absolute Gasteiger partial charge is 0.366 e. The van der Waals surface area contributed by atoms with E-state index in [2.05, 4.69) is 27.4 Å².